The van der Waals surface area contributed by atoms with E-state index in [0.29, 0.717) is 29.7 Å². The molecule has 0 saturated carbocycles. The van der Waals surface area contributed by atoms with Crippen molar-refractivity contribution in [2.75, 3.05) is 33.4 Å². The Hall–Kier alpha value is -2.47. The molecule has 1 aromatic carbocycles. The van der Waals surface area contributed by atoms with Gasteiger partial charge < -0.3 is 20.1 Å². The minimum atomic E-state index is -0.766. The average Bonchev–Trinajstić information content (AvgIpc) is 3.40. The van der Waals surface area contributed by atoms with Crippen molar-refractivity contribution in [3.05, 3.63) is 57.9 Å². The van der Waals surface area contributed by atoms with Gasteiger partial charge in [0.25, 0.3) is 0 Å². The fourth-order valence-electron chi connectivity index (χ4n) is 4.73. The van der Waals surface area contributed by atoms with Crippen LogP contribution in [0.4, 0.5) is 0 Å². The fraction of sp³-hybridized carbons (Fsp3) is 0.444. The zero-order valence-electron chi connectivity index (χ0n) is 19.5. The van der Waals surface area contributed by atoms with Gasteiger partial charge in [0, 0.05) is 23.8 Å². The Morgan fingerprint density at radius 3 is 2.74 bits per heavy atom. The maximum Gasteiger partial charge on any atom is 0.119 e. The van der Waals surface area contributed by atoms with Gasteiger partial charge in [-0.05, 0) is 79.4 Å². The third-order valence-electron chi connectivity index (χ3n) is 6.94. The van der Waals surface area contributed by atoms with Crippen molar-refractivity contribution in [3.63, 3.8) is 0 Å². The van der Waals surface area contributed by atoms with Crippen LogP contribution in [0.2, 0.25) is 0 Å². The Morgan fingerprint density at radius 2 is 2.06 bits per heavy atom. The number of aliphatic hydroxyl groups is 3. The molecule has 7 heteroatoms. The second kappa shape index (κ2) is 11.3. The molecule has 0 amide bonds. The van der Waals surface area contributed by atoms with Crippen molar-refractivity contribution in [3.8, 4) is 17.6 Å². The molecule has 1 aliphatic rings. The van der Waals surface area contributed by atoms with Gasteiger partial charge in [-0.15, -0.1) is 11.3 Å². The first-order chi connectivity index (χ1) is 16.6. The van der Waals surface area contributed by atoms with Crippen LogP contribution >= 0.6 is 11.3 Å². The number of methoxy groups -OCH3 is 1. The van der Waals surface area contributed by atoms with E-state index in [4.69, 9.17) is 4.74 Å². The number of thiophene rings is 1. The predicted octanol–water partition coefficient (Wildman–Crippen LogP) is 3.74. The summed E-state index contributed by atoms with van der Waals surface area (Å²) in [6.45, 7) is 2.40. The quantitative estimate of drug-likeness (QED) is 0.426. The number of benzene rings is 1. The summed E-state index contributed by atoms with van der Waals surface area (Å²) >= 11 is 1.65. The van der Waals surface area contributed by atoms with Gasteiger partial charge in [-0.1, -0.05) is 17.9 Å². The zero-order valence-corrected chi connectivity index (χ0v) is 20.4. The molecule has 1 unspecified atom stereocenters. The first-order valence-corrected chi connectivity index (χ1v) is 12.6. The summed E-state index contributed by atoms with van der Waals surface area (Å²) in [7, 11) is 1.60. The molecule has 1 saturated heterocycles. The smallest absolute Gasteiger partial charge is 0.119 e. The number of rotatable bonds is 8. The van der Waals surface area contributed by atoms with Gasteiger partial charge in [0.15, 0.2) is 0 Å². The Labute approximate surface area is 204 Å². The van der Waals surface area contributed by atoms with Crippen LogP contribution in [0.5, 0.6) is 5.75 Å². The molecule has 3 aromatic rings. The molecule has 0 radical (unpaired) electrons. The third kappa shape index (κ3) is 5.60. The Bertz CT molecular complexity index is 1140. The van der Waals surface area contributed by atoms with Crippen LogP contribution < -0.4 is 4.74 Å². The van der Waals surface area contributed by atoms with E-state index in [1.165, 1.54) is 0 Å². The number of aromatic nitrogens is 1. The van der Waals surface area contributed by atoms with Crippen molar-refractivity contribution < 1.29 is 20.1 Å². The van der Waals surface area contributed by atoms with E-state index in [9.17, 15) is 15.3 Å². The summed E-state index contributed by atoms with van der Waals surface area (Å²) in [4.78, 5) is 7.83. The second-order valence-electron chi connectivity index (χ2n) is 9.01. The molecular formula is C27H32N2O4S. The van der Waals surface area contributed by atoms with E-state index in [-0.39, 0.29) is 18.6 Å². The van der Waals surface area contributed by atoms with Crippen molar-refractivity contribution in [1.29, 1.82) is 0 Å². The first kappa shape index (κ1) is 24.6. The van der Waals surface area contributed by atoms with Crippen LogP contribution in [-0.2, 0) is 6.61 Å². The van der Waals surface area contributed by atoms with Crippen LogP contribution in [-0.4, -0.2) is 58.6 Å². The molecule has 0 bridgehead atoms. The second-order valence-corrected chi connectivity index (χ2v) is 9.95. The van der Waals surface area contributed by atoms with Gasteiger partial charge in [-0.2, -0.15) is 0 Å². The molecule has 3 heterocycles. The van der Waals surface area contributed by atoms with E-state index >= 15 is 0 Å². The van der Waals surface area contributed by atoms with E-state index in [0.717, 1.165) is 48.3 Å². The standard InChI is InChI=1S/C27H32N2O4S/c1-33-21-6-7-24-23(16-21)26(20(18-30)17-28-24)25(32)8-9-27(19-31)10-13-29(14-11-27)12-2-4-22-5-3-15-34-22/h3,5-7,15-17,25,30-32H,8-14,18-19H2,1H3. The van der Waals surface area contributed by atoms with Crippen LogP contribution in [0.3, 0.4) is 0 Å². The molecule has 1 aliphatic heterocycles. The van der Waals surface area contributed by atoms with Gasteiger partial charge in [-0.25, -0.2) is 0 Å². The number of pyridine rings is 1. The highest BCUT2D eigenvalue weighted by atomic mass is 32.1. The van der Waals surface area contributed by atoms with E-state index in [1.807, 2.05) is 35.7 Å². The molecular weight excluding hydrogens is 448 g/mol. The number of nitrogens with zero attached hydrogens (tertiary/aromatic N) is 2. The summed E-state index contributed by atoms with van der Waals surface area (Å²) in [6, 6.07) is 9.59. The number of likely N-dealkylation sites (tertiary alicyclic amines) is 1. The Balaban J connectivity index is 1.42. The maximum absolute atomic E-state index is 11.2. The normalized spacial score (nSPS) is 16.7. The van der Waals surface area contributed by atoms with Gasteiger partial charge in [0.05, 0.1) is 36.8 Å². The van der Waals surface area contributed by atoms with Crippen molar-refractivity contribution in [2.45, 2.75) is 38.4 Å². The number of piperidine rings is 1. The van der Waals surface area contributed by atoms with Crippen LogP contribution in [0.25, 0.3) is 10.9 Å². The monoisotopic (exact) mass is 480 g/mol. The minimum absolute atomic E-state index is 0.103. The molecule has 6 nitrogen and oxygen atoms in total. The third-order valence-corrected chi connectivity index (χ3v) is 7.72. The molecule has 2 aromatic heterocycles. The van der Waals surface area contributed by atoms with Crippen molar-refractivity contribution in [2.24, 2.45) is 5.41 Å². The molecule has 4 rings (SSSR count). The van der Waals surface area contributed by atoms with E-state index in [1.54, 1.807) is 24.6 Å². The van der Waals surface area contributed by atoms with Gasteiger partial charge in [0.1, 0.15) is 5.75 Å². The van der Waals surface area contributed by atoms with Gasteiger partial charge >= 0.3 is 0 Å². The average molecular weight is 481 g/mol. The lowest BCUT2D eigenvalue weighted by Crippen LogP contribution is -2.42. The maximum atomic E-state index is 11.2. The Kier molecular flexibility index (Phi) is 8.19. The fourth-order valence-corrected chi connectivity index (χ4v) is 5.32. The zero-order chi connectivity index (χ0) is 24.0. The largest absolute Gasteiger partial charge is 0.497 e. The molecule has 0 aliphatic carbocycles. The van der Waals surface area contributed by atoms with Crippen LogP contribution in [0.15, 0.2) is 41.9 Å². The number of ether oxygens (including phenoxy) is 1. The molecule has 3 N–H and O–H groups in total. The summed E-state index contributed by atoms with van der Waals surface area (Å²) in [5, 5.41) is 34.2. The molecule has 1 atom stereocenters. The SMILES string of the molecule is COc1ccc2ncc(CO)c(C(O)CCC3(CO)CCN(CC#Cc4cccs4)CC3)c2c1. The Morgan fingerprint density at radius 1 is 1.24 bits per heavy atom. The van der Waals surface area contributed by atoms with E-state index in [2.05, 4.69) is 21.7 Å². The summed E-state index contributed by atoms with van der Waals surface area (Å²) in [6.07, 6.45) is 3.81. The summed E-state index contributed by atoms with van der Waals surface area (Å²) in [5.74, 6) is 7.15. The molecule has 0 spiro atoms. The van der Waals surface area contributed by atoms with Crippen molar-refractivity contribution >= 4 is 22.2 Å². The molecule has 34 heavy (non-hydrogen) atoms. The lowest BCUT2D eigenvalue weighted by atomic mass is 9.74. The topological polar surface area (TPSA) is 86.0 Å². The number of hydrogen-bond acceptors (Lipinski definition) is 7. The number of aliphatic hydroxyl groups excluding tert-OH is 3. The van der Waals surface area contributed by atoms with E-state index < -0.39 is 6.10 Å². The first-order valence-electron chi connectivity index (χ1n) is 11.7. The number of hydrogen-bond donors (Lipinski definition) is 3. The van der Waals surface area contributed by atoms with Crippen LogP contribution in [0.1, 0.15) is 47.8 Å². The summed E-state index contributed by atoms with van der Waals surface area (Å²) < 4.78 is 5.36. The molecule has 1 fully saturated rings. The highest BCUT2D eigenvalue weighted by Gasteiger charge is 2.34. The molecule has 180 valence electrons. The highest BCUT2D eigenvalue weighted by Crippen LogP contribution is 2.39. The lowest BCUT2D eigenvalue weighted by molar-refractivity contribution is 0.0271. The summed E-state index contributed by atoms with van der Waals surface area (Å²) in [5.41, 5.74) is 1.85. The van der Waals surface area contributed by atoms with Crippen LogP contribution in [0, 0.1) is 17.3 Å². The lowest BCUT2D eigenvalue weighted by Gasteiger charge is -2.40. The van der Waals surface area contributed by atoms with Crippen molar-refractivity contribution in [1.82, 2.24) is 9.88 Å². The van der Waals surface area contributed by atoms with Gasteiger partial charge in [0.2, 0.25) is 0 Å². The highest BCUT2D eigenvalue weighted by molar-refractivity contribution is 7.10. The minimum Gasteiger partial charge on any atom is -0.497 e. The van der Waals surface area contributed by atoms with Gasteiger partial charge in [-0.3, -0.25) is 9.88 Å². The predicted molar refractivity (Wildman–Crippen MR) is 135 cm³/mol. The number of fused-ring (bicyclic) bond motifs is 1.